The van der Waals surface area contributed by atoms with Gasteiger partial charge in [-0.05, 0) is 28.9 Å². The van der Waals surface area contributed by atoms with Crippen LogP contribution in [-0.2, 0) is 11.8 Å². The molecule has 1 aliphatic rings. The first-order valence-electron chi connectivity index (χ1n) is 8.58. The molecule has 1 amide bonds. The molecule has 5 nitrogen and oxygen atoms in total. The molecule has 1 aliphatic carbocycles. The standard InChI is InChI=1S/C19H25BrN2O3/c1-5-25-14-10-19(24,18(14,2)3)11-21-17(23)16-15(20)12-8-6-7-9-13(12)22(16)4/h6-9,14,24H,5,10-11H2,1-4H3,(H,21,23)/t14-,19-/m1/s1. The van der Waals surface area contributed by atoms with Gasteiger partial charge in [0.05, 0.1) is 16.2 Å². The van der Waals surface area contributed by atoms with Gasteiger partial charge < -0.3 is 19.7 Å². The minimum atomic E-state index is -0.959. The van der Waals surface area contributed by atoms with Crippen LogP contribution in [0.2, 0.25) is 0 Å². The maximum absolute atomic E-state index is 12.8. The van der Waals surface area contributed by atoms with Crippen molar-refractivity contribution in [2.24, 2.45) is 12.5 Å². The lowest BCUT2D eigenvalue weighted by atomic mass is 9.56. The van der Waals surface area contributed by atoms with Crippen LogP contribution in [0.3, 0.4) is 0 Å². The molecule has 0 unspecified atom stereocenters. The molecule has 6 heteroatoms. The van der Waals surface area contributed by atoms with Gasteiger partial charge in [-0.25, -0.2) is 0 Å². The molecule has 136 valence electrons. The van der Waals surface area contributed by atoms with Gasteiger partial charge in [0.15, 0.2) is 0 Å². The van der Waals surface area contributed by atoms with Crippen LogP contribution in [0.25, 0.3) is 10.9 Å². The molecule has 2 atom stereocenters. The molecule has 25 heavy (non-hydrogen) atoms. The number of amides is 1. The van der Waals surface area contributed by atoms with Crippen molar-refractivity contribution in [2.45, 2.75) is 38.9 Å². The van der Waals surface area contributed by atoms with Crippen molar-refractivity contribution in [2.75, 3.05) is 13.2 Å². The number of halogens is 1. The first-order chi connectivity index (χ1) is 11.7. The van der Waals surface area contributed by atoms with E-state index >= 15 is 0 Å². The van der Waals surface area contributed by atoms with Crippen LogP contribution < -0.4 is 5.32 Å². The molecule has 0 saturated heterocycles. The number of nitrogens with zero attached hydrogens (tertiary/aromatic N) is 1. The quantitative estimate of drug-likeness (QED) is 0.797. The van der Waals surface area contributed by atoms with Gasteiger partial charge in [-0.3, -0.25) is 4.79 Å². The molecule has 0 spiro atoms. The first kappa shape index (κ1) is 18.4. The van der Waals surface area contributed by atoms with Crippen molar-refractivity contribution < 1.29 is 14.6 Å². The summed E-state index contributed by atoms with van der Waals surface area (Å²) in [4.78, 5) is 12.8. The van der Waals surface area contributed by atoms with Gasteiger partial charge in [-0.2, -0.15) is 0 Å². The second-order valence-corrected chi connectivity index (χ2v) is 8.12. The van der Waals surface area contributed by atoms with E-state index < -0.39 is 11.0 Å². The highest BCUT2D eigenvalue weighted by molar-refractivity contribution is 9.10. The Balaban J connectivity index is 1.76. The van der Waals surface area contributed by atoms with Gasteiger partial charge >= 0.3 is 0 Å². The number of para-hydroxylation sites is 1. The molecule has 0 bridgehead atoms. The topological polar surface area (TPSA) is 63.5 Å². The smallest absolute Gasteiger partial charge is 0.269 e. The fraction of sp³-hybridized carbons (Fsp3) is 0.526. The SMILES string of the molecule is CCO[C@@H]1C[C@@](O)(CNC(=O)c2c(Br)c3ccccc3n2C)C1(C)C. The van der Waals surface area contributed by atoms with Gasteiger partial charge in [0, 0.05) is 42.9 Å². The predicted octanol–water partition coefficient (Wildman–Crippen LogP) is 3.24. The van der Waals surface area contributed by atoms with Crippen LogP contribution in [0.5, 0.6) is 0 Å². The second kappa shape index (κ2) is 6.41. The van der Waals surface area contributed by atoms with Crippen LogP contribution >= 0.6 is 15.9 Å². The summed E-state index contributed by atoms with van der Waals surface area (Å²) in [6.07, 6.45) is 0.550. The zero-order valence-electron chi connectivity index (χ0n) is 15.1. The van der Waals surface area contributed by atoms with Crippen molar-refractivity contribution in [3.63, 3.8) is 0 Å². The molecular formula is C19H25BrN2O3. The molecule has 1 saturated carbocycles. The van der Waals surface area contributed by atoms with Crippen molar-refractivity contribution in [3.8, 4) is 0 Å². The lowest BCUT2D eigenvalue weighted by Gasteiger charge is -2.57. The van der Waals surface area contributed by atoms with E-state index in [1.807, 2.05) is 56.7 Å². The number of carbonyl (C=O) groups is 1. The van der Waals surface area contributed by atoms with Crippen molar-refractivity contribution in [1.29, 1.82) is 0 Å². The second-order valence-electron chi connectivity index (χ2n) is 7.32. The Hall–Kier alpha value is -1.37. The molecule has 0 aliphatic heterocycles. The lowest BCUT2D eigenvalue weighted by Crippen LogP contribution is -2.68. The summed E-state index contributed by atoms with van der Waals surface area (Å²) in [5.74, 6) is -0.199. The number of aliphatic hydroxyl groups is 1. The normalized spacial score (nSPS) is 25.0. The van der Waals surface area contributed by atoms with Gasteiger partial charge in [-0.1, -0.05) is 32.0 Å². The number of benzene rings is 1. The maximum atomic E-state index is 12.8. The molecule has 1 heterocycles. The average molecular weight is 409 g/mol. The molecule has 2 aromatic rings. The van der Waals surface area contributed by atoms with Crippen LogP contribution in [0.4, 0.5) is 0 Å². The number of aryl methyl sites for hydroxylation is 1. The number of rotatable bonds is 5. The Morgan fingerprint density at radius 3 is 2.72 bits per heavy atom. The van der Waals surface area contributed by atoms with Gasteiger partial charge in [0.1, 0.15) is 5.69 Å². The molecule has 1 aromatic heterocycles. The van der Waals surface area contributed by atoms with Gasteiger partial charge in [0.25, 0.3) is 5.91 Å². The fourth-order valence-corrected chi connectivity index (χ4v) is 4.45. The van der Waals surface area contributed by atoms with Crippen molar-refractivity contribution >= 4 is 32.7 Å². The molecule has 0 radical (unpaired) electrons. The van der Waals surface area contributed by atoms with Crippen LogP contribution in [0, 0.1) is 5.41 Å². The summed E-state index contributed by atoms with van der Waals surface area (Å²) < 4.78 is 8.32. The average Bonchev–Trinajstić information content (AvgIpc) is 2.84. The Kier molecular flexibility index (Phi) is 4.73. The number of hydrogen-bond acceptors (Lipinski definition) is 3. The summed E-state index contributed by atoms with van der Waals surface area (Å²) in [6, 6.07) is 7.85. The summed E-state index contributed by atoms with van der Waals surface area (Å²) in [5.41, 5.74) is 0.188. The molecule has 3 rings (SSSR count). The van der Waals surface area contributed by atoms with E-state index in [4.69, 9.17) is 4.74 Å². The Bertz CT molecular complexity index is 775. The summed E-state index contributed by atoms with van der Waals surface area (Å²) in [5, 5.41) is 14.8. The third-order valence-electron chi connectivity index (χ3n) is 5.70. The summed E-state index contributed by atoms with van der Waals surface area (Å²) >= 11 is 3.54. The number of ether oxygens (including phenoxy) is 1. The van der Waals surface area contributed by atoms with Crippen LogP contribution in [0.15, 0.2) is 28.7 Å². The minimum Gasteiger partial charge on any atom is -0.387 e. The Morgan fingerprint density at radius 2 is 2.12 bits per heavy atom. The largest absolute Gasteiger partial charge is 0.387 e. The minimum absolute atomic E-state index is 0.0174. The third kappa shape index (κ3) is 2.80. The number of fused-ring (bicyclic) bond motifs is 1. The number of nitrogens with one attached hydrogen (secondary N) is 1. The van der Waals surface area contributed by atoms with Crippen LogP contribution in [0.1, 0.15) is 37.7 Å². The summed E-state index contributed by atoms with van der Waals surface area (Å²) in [6.45, 7) is 6.74. The van der Waals surface area contributed by atoms with E-state index in [0.717, 1.165) is 15.4 Å². The zero-order valence-corrected chi connectivity index (χ0v) is 16.7. The highest BCUT2D eigenvalue weighted by atomic mass is 79.9. The van der Waals surface area contributed by atoms with E-state index in [1.54, 1.807) is 0 Å². The highest BCUT2D eigenvalue weighted by Crippen LogP contribution is 2.51. The van der Waals surface area contributed by atoms with E-state index in [-0.39, 0.29) is 18.6 Å². The highest BCUT2D eigenvalue weighted by Gasteiger charge is 2.60. The monoisotopic (exact) mass is 408 g/mol. The van der Waals surface area contributed by atoms with Crippen molar-refractivity contribution in [1.82, 2.24) is 9.88 Å². The zero-order chi connectivity index (χ0) is 18.4. The first-order valence-corrected chi connectivity index (χ1v) is 9.37. The molecular weight excluding hydrogens is 384 g/mol. The molecule has 1 aromatic carbocycles. The number of carbonyl (C=O) groups excluding carboxylic acids is 1. The van der Waals surface area contributed by atoms with E-state index in [9.17, 15) is 9.90 Å². The van der Waals surface area contributed by atoms with E-state index in [2.05, 4.69) is 21.2 Å². The van der Waals surface area contributed by atoms with E-state index in [0.29, 0.717) is 18.7 Å². The van der Waals surface area contributed by atoms with Gasteiger partial charge in [-0.15, -0.1) is 0 Å². The number of hydrogen-bond donors (Lipinski definition) is 2. The fourth-order valence-electron chi connectivity index (χ4n) is 3.67. The Labute approximate surface area is 156 Å². The number of aromatic nitrogens is 1. The van der Waals surface area contributed by atoms with Gasteiger partial charge in [0.2, 0.25) is 0 Å². The van der Waals surface area contributed by atoms with Crippen LogP contribution in [-0.4, -0.2) is 40.4 Å². The van der Waals surface area contributed by atoms with Crippen molar-refractivity contribution in [3.05, 3.63) is 34.4 Å². The lowest BCUT2D eigenvalue weighted by molar-refractivity contribution is -0.237. The third-order valence-corrected chi connectivity index (χ3v) is 6.50. The summed E-state index contributed by atoms with van der Waals surface area (Å²) in [7, 11) is 1.87. The molecule has 1 fully saturated rings. The Morgan fingerprint density at radius 1 is 1.44 bits per heavy atom. The molecule has 2 N–H and O–H groups in total. The predicted molar refractivity (Wildman–Crippen MR) is 102 cm³/mol. The van der Waals surface area contributed by atoms with E-state index in [1.165, 1.54) is 0 Å². The maximum Gasteiger partial charge on any atom is 0.269 e.